The quantitative estimate of drug-likeness (QED) is 0.679. The molecule has 0 unspecified atom stereocenters. The molecule has 0 amide bonds. The Balaban J connectivity index is 2.30. The second-order valence-electron chi connectivity index (χ2n) is 8.21. The van der Waals surface area contributed by atoms with E-state index in [1.165, 1.54) is 6.08 Å². The molecule has 0 spiro atoms. The summed E-state index contributed by atoms with van der Waals surface area (Å²) in [6, 6.07) is 0. The van der Waals surface area contributed by atoms with Gasteiger partial charge in [-0.05, 0) is 37.8 Å². The van der Waals surface area contributed by atoms with Gasteiger partial charge in [-0.2, -0.15) is 8.78 Å². The maximum atomic E-state index is 14.9. The minimum absolute atomic E-state index is 0.133. The number of hydrogen-bond acceptors (Lipinski definition) is 2. The van der Waals surface area contributed by atoms with E-state index in [4.69, 9.17) is 4.74 Å². The Kier molecular flexibility index (Phi) is 5.76. The molecule has 2 aliphatic carbocycles. The van der Waals surface area contributed by atoms with Crippen molar-refractivity contribution >= 4 is 0 Å². The Labute approximate surface area is 155 Å². The van der Waals surface area contributed by atoms with Gasteiger partial charge >= 0.3 is 6.11 Å². The average molecular weight is 361 g/mol. The summed E-state index contributed by atoms with van der Waals surface area (Å²) in [5.74, 6) is 0.174. The van der Waals surface area contributed by atoms with E-state index >= 15 is 0 Å². The van der Waals surface area contributed by atoms with E-state index in [1.54, 1.807) is 30.4 Å². The number of ether oxygens (including phenoxy) is 1. The number of nitrogens with one attached hydrogen (secondary N) is 1. The third kappa shape index (κ3) is 5.53. The van der Waals surface area contributed by atoms with Crippen molar-refractivity contribution in [3.8, 4) is 0 Å². The number of likely N-dealkylation sites (N-methyl/N-ethyl adjacent to an activating group) is 1. The molecule has 0 aromatic carbocycles. The topological polar surface area (TPSA) is 21.3 Å². The van der Waals surface area contributed by atoms with E-state index in [0.29, 0.717) is 6.54 Å². The normalized spacial score (nSPS) is 21.8. The van der Waals surface area contributed by atoms with Crippen LogP contribution in [0.5, 0.6) is 0 Å². The Hall–Kier alpha value is -1.94. The molecule has 26 heavy (non-hydrogen) atoms. The molecular weight excluding hydrogens is 332 g/mol. The van der Waals surface area contributed by atoms with Crippen LogP contribution in [0.3, 0.4) is 0 Å². The Morgan fingerprint density at radius 2 is 1.58 bits per heavy atom. The van der Waals surface area contributed by atoms with Crippen molar-refractivity contribution in [3.63, 3.8) is 0 Å². The van der Waals surface area contributed by atoms with Gasteiger partial charge < -0.3 is 10.1 Å². The summed E-state index contributed by atoms with van der Waals surface area (Å²) in [5.41, 5.74) is 1.000. The Morgan fingerprint density at radius 3 is 2.23 bits per heavy atom. The zero-order valence-corrected chi connectivity index (χ0v) is 16.5. The first kappa shape index (κ1) is 20.4. The molecule has 0 aromatic rings. The van der Waals surface area contributed by atoms with Crippen LogP contribution in [0.15, 0.2) is 71.1 Å². The lowest BCUT2D eigenvalue weighted by atomic mass is 9.89. The lowest BCUT2D eigenvalue weighted by Gasteiger charge is -2.24. The third-order valence-electron chi connectivity index (χ3n) is 4.15. The van der Waals surface area contributed by atoms with Crippen LogP contribution in [-0.2, 0) is 4.74 Å². The molecule has 142 valence electrons. The fraction of sp³-hybridized carbons (Fsp3) is 0.455. The molecule has 0 heterocycles. The van der Waals surface area contributed by atoms with E-state index in [0.717, 1.165) is 11.1 Å². The van der Waals surface area contributed by atoms with Gasteiger partial charge in [-0.1, -0.05) is 63.6 Å². The Bertz CT molecular complexity index is 731. The smallest absolute Gasteiger partial charge is 0.426 e. The largest absolute Gasteiger partial charge is 0.429 e. The average Bonchev–Trinajstić information content (AvgIpc) is 2.69. The molecular formula is C22H29F2NO. The van der Waals surface area contributed by atoms with E-state index in [1.807, 2.05) is 53.8 Å². The van der Waals surface area contributed by atoms with Gasteiger partial charge in [0.05, 0.1) is 5.57 Å². The predicted molar refractivity (Wildman–Crippen MR) is 104 cm³/mol. The second kappa shape index (κ2) is 7.36. The van der Waals surface area contributed by atoms with Gasteiger partial charge in [0.15, 0.2) is 0 Å². The van der Waals surface area contributed by atoms with Gasteiger partial charge in [0.2, 0.25) is 0 Å². The van der Waals surface area contributed by atoms with Crippen molar-refractivity contribution in [2.24, 2.45) is 10.8 Å². The van der Waals surface area contributed by atoms with Crippen molar-refractivity contribution < 1.29 is 13.5 Å². The van der Waals surface area contributed by atoms with Crippen LogP contribution in [0, 0.1) is 10.8 Å². The van der Waals surface area contributed by atoms with E-state index < -0.39 is 11.5 Å². The molecule has 4 heteroatoms. The van der Waals surface area contributed by atoms with Gasteiger partial charge in [0.25, 0.3) is 0 Å². The summed E-state index contributed by atoms with van der Waals surface area (Å²) >= 11 is 0. The summed E-state index contributed by atoms with van der Waals surface area (Å²) < 4.78 is 35.1. The van der Waals surface area contributed by atoms with Crippen molar-refractivity contribution in [2.45, 2.75) is 40.7 Å². The highest BCUT2D eigenvalue weighted by Gasteiger charge is 2.38. The van der Waals surface area contributed by atoms with Crippen molar-refractivity contribution in [3.05, 3.63) is 71.1 Å². The van der Waals surface area contributed by atoms with Crippen molar-refractivity contribution in [1.29, 1.82) is 0 Å². The van der Waals surface area contributed by atoms with E-state index in [2.05, 4.69) is 5.32 Å². The molecule has 2 rings (SSSR count). The highest BCUT2D eigenvalue weighted by Crippen LogP contribution is 2.37. The molecule has 0 atom stereocenters. The summed E-state index contributed by atoms with van der Waals surface area (Å²) in [7, 11) is 1.83. The van der Waals surface area contributed by atoms with Gasteiger partial charge in [-0.3, -0.25) is 0 Å². The zero-order chi connectivity index (χ0) is 19.6. The molecule has 0 saturated heterocycles. The van der Waals surface area contributed by atoms with Gasteiger partial charge in [0.1, 0.15) is 5.76 Å². The lowest BCUT2D eigenvalue weighted by Crippen LogP contribution is -2.24. The first-order chi connectivity index (χ1) is 11.9. The molecule has 0 aliphatic heterocycles. The number of hydrogen-bond donors (Lipinski definition) is 1. The summed E-state index contributed by atoms with van der Waals surface area (Å²) in [4.78, 5) is 0. The predicted octanol–water partition coefficient (Wildman–Crippen LogP) is 5.69. The molecule has 1 N–H and O–H groups in total. The lowest BCUT2D eigenvalue weighted by molar-refractivity contribution is -0.177. The fourth-order valence-electron chi connectivity index (χ4n) is 3.28. The van der Waals surface area contributed by atoms with Crippen LogP contribution in [-0.4, -0.2) is 19.7 Å². The third-order valence-corrected chi connectivity index (χ3v) is 4.15. The molecule has 0 radical (unpaired) electrons. The maximum Gasteiger partial charge on any atom is 0.426 e. The van der Waals surface area contributed by atoms with Crippen LogP contribution >= 0.6 is 0 Å². The SMILES string of the molecule is CNCC1=CC(C)(C)C=C(C(F)(F)OC2=CC(C)(C)C=C(C)C=C2)C=C1. The van der Waals surface area contributed by atoms with E-state index in [9.17, 15) is 8.78 Å². The van der Waals surface area contributed by atoms with Crippen LogP contribution in [0.1, 0.15) is 34.6 Å². The van der Waals surface area contributed by atoms with Crippen LogP contribution in [0.2, 0.25) is 0 Å². The number of rotatable bonds is 5. The molecule has 2 nitrogen and oxygen atoms in total. The maximum absolute atomic E-state index is 14.9. The van der Waals surface area contributed by atoms with Crippen LogP contribution in [0.4, 0.5) is 8.78 Å². The molecule has 0 saturated carbocycles. The van der Waals surface area contributed by atoms with Gasteiger partial charge in [0, 0.05) is 17.4 Å². The summed E-state index contributed by atoms with van der Waals surface area (Å²) in [5, 5.41) is 3.06. The number of allylic oxidation sites excluding steroid dienone is 7. The second-order valence-corrected chi connectivity index (χ2v) is 8.21. The van der Waals surface area contributed by atoms with Crippen molar-refractivity contribution in [2.75, 3.05) is 13.6 Å². The minimum Gasteiger partial charge on any atom is -0.429 e. The molecule has 0 aromatic heterocycles. The highest BCUT2D eigenvalue weighted by atomic mass is 19.3. The first-order valence-electron chi connectivity index (χ1n) is 8.87. The molecule has 0 bridgehead atoms. The number of alkyl halides is 2. The van der Waals surface area contributed by atoms with Crippen LogP contribution < -0.4 is 5.32 Å². The van der Waals surface area contributed by atoms with E-state index in [-0.39, 0.29) is 16.7 Å². The van der Waals surface area contributed by atoms with Crippen LogP contribution in [0.25, 0.3) is 0 Å². The number of halogens is 2. The first-order valence-corrected chi connectivity index (χ1v) is 8.87. The standard InChI is InChI=1S/C22H29F2NO/c1-16-7-10-19(14-20(2,3)11-16)26-22(23,24)18-9-8-17(15-25-6)12-21(4,5)13-18/h7-14,25H,15H2,1-6H3. The Morgan fingerprint density at radius 1 is 0.923 bits per heavy atom. The summed E-state index contributed by atoms with van der Waals surface area (Å²) in [6.45, 7) is 10.3. The molecule has 0 fully saturated rings. The highest BCUT2D eigenvalue weighted by molar-refractivity contribution is 5.40. The van der Waals surface area contributed by atoms with Crippen molar-refractivity contribution in [1.82, 2.24) is 5.32 Å². The zero-order valence-electron chi connectivity index (χ0n) is 16.5. The molecule has 2 aliphatic rings. The van der Waals surface area contributed by atoms with Gasteiger partial charge in [-0.15, -0.1) is 0 Å². The van der Waals surface area contributed by atoms with Gasteiger partial charge in [-0.25, -0.2) is 0 Å². The fourth-order valence-corrected chi connectivity index (χ4v) is 3.28. The monoisotopic (exact) mass is 361 g/mol. The summed E-state index contributed by atoms with van der Waals surface area (Å²) in [6.07, 6.45) is 10.5. The minimum atomic E-state index is -3.42.